The van der Waals surface area contributed by atoms with Crippen LogP contribution >= 0.6 is 0 Å². The third kappa shape index (κ3) is 2.54. The summed E-state index contributed by atoms with van der Waals surface area (Å²) in [6, 6.07) is 8.46. The Bertz CT molecular complexity index is 340. The van der Waals surface area contributed by atoms with Crippen LogP contribution in [0, 0.1) is 0 Å². The predicted octanol–water partition coefficient (Wildman–Crippen LogP) is 1.15. The third-order valence-electron chi connectivity index (χ3n) is 3.14. The molecule has 88 valence electrons. The number of β-amino-alcohol motifs (C(OH)–C–C–N with tert-alkyl or cyclic N) is 1. The molecule has 1 unspecified atom stereocenters. The van der Waals surface area contributed by atoms with E-state index in [4.69, 9.17) is 5.73 Å². The van der Waals surface area contributed by atoms with Gasteiger partial charge in [0.15, 0.2) is 0 Å². The van der Waals surface area contributed by atoms with Crippen LogP contribution < -0.4 is 10.6 Å². The number of aliphatic hydroxyl groups excluding tert-OH is 1. The van der Waals surface area contributed by atoms with Crippen LogP contribution in [0.15, 0.2) is 24.3 Å². The number of fused-ring (bicyclic) bond motifs is 1. The average molecular weight is 220 g/mol. The molecule has 3 N–H and O–H groups in total. The van der Waals surface area contributed by atoms with Crippen molar-refractivity contribution in [2.75, 3.05) is 24.5 Å². The maximum atomic E-state index is 9.81. The number of nitrogens with two attached hydrogens (primary N) is 1. The third-order valence-corrected chi connectivity index (χ3v) is 3.14. The van der Waals surface area contributed by atoms with Crippen molar-refractivity contribution in [2.24, 2.45) is 5.73 Å². The largest absolute Gasteiger partial charge is 0.391 e. The summed E-state index contributed by atoms with van der Waals surface area (Å²) >= 11 is 0. The number of anilines is 1. The Morgan fingerprint density at radius 1 is 1.38 bits per heavy atom. The van der Waals surface area contributed by atoms with E-state index < -0.39 is 0 Å². The van der Waals surface area contributed by atoms with Crippen LogP contribution in [0.2, 0.25) is 0 Å². The van der Waals surface area contributed by atoms with E-state index >= 15 is 0 Å². The number of nitrogens with zero attached hydrogens (tertiary/aromatic N) is 1. The van der Waals surface area contributed by atoms with Gasteiger partial charge in [-0.15, -0.1) is 0 Å². The smallest absolute Gasteiger partial charge is 0.0727 e. The zero-order valence-electron chi connectivity index (χ0n) is 9.60. The first kappa shape index (κ1) is 11.4. The lowest BCUT2D eigenvalue weighted by molar-refractivity contribution is 0.172. The number of aryl methyl sites for hydroxylation is 1. The zero-order chi connectivity index (χ0) is 11.4. The molecule has 0 saturated heterocycles. The highest BCUT2D eigenvalue weighted by atomic mass is 16.3. The van der Waals surface area contributed by atoms with Crippen molar-refractivity contribution in [2.45, 2.75) is 25.4 Å². The van der Waals surface area contributed by atoms with Crippen molar-refractivity contribution in [3.8, 4) is 0 Å². The topological polar surface area (TPSA) is 49.5 Å². The van der Waals surface area contributed by atoms with E-state index in [0.29, 0.717) is 19.5 Å². The molecule has 0 aliphatic carbocycles. The molecule has 0 bridgehead atoms. The molecule has 1 atom stereocenters. The van der Waals surface area contributed by atoms with Crippen LogP contribution in [0.25, 0.3) is 0 Å². The molecule has 1 heterocycles. The summed E-state index contributed by atoms with van der Waals surface area (Å²) in [5, 5.41) is 9.81. The fourth-order valence-electron chi connectivity index (χ4n) is 2.34. The second-order valence-electron chi connectivity index (χ2n) is 4.41. The highest BCUT2D eigenvalue weighted by molar-refractivity contribution is 5.55. The molecule has 2 rings (SSSR count). The first-order valence-corrected chi connectivity index (χ1v) is 6.02. The maximum absolute atomic E-state index is 9.81. The molecule has 3 heteroatoms. The van der Waals surface area contributed by atoms with Gasteiger partial charge in [-0.2, -0.15) is 0 Å². The van der Waals surface area contributed by atoms with Gasteiger partial charge in [0.2, 0.25) is 0 Å². The lowest BCUT2D eigenvalue weighted by Gasteiger charge is -2.32. The van der Waals surface area contributed by atoms with Gasteiger partial charge in [-0.1, -0.05) is 18.2 Å². The molecular weight excluding hydrogens is 200 g/mol. The van der Waals surface area contributed by atoms with Gasteiger partial charge in [0, 0.05) is 18.8 Å². The Labute approximate surface area is 96.9 Å². The standard InChI is InChI=1S/C13H20N2O/c14-8-7-12(16)10-15-9-3-5-11-4-1-2-6-13(11)15/h1-2,4,6,12,16H,3,5,7-10,14H2. The van der Waals surface area contributed by atoms with Crippen LogP contribution in [0.3, 0.4) is 0 Å². The summed E-state index contributed by atoms with van der Waals surface area (Å²) < 4.78 is 0. The molecule has 0 aromatic heterocycles. The number of benzene rings is 1. The van der Waals surface area contributed by atoms with Crippen LogP contribution in [-0.4, -0.2) is 30.8 Å². The summed E-state index contributed by atoms with van der Waals surface area (Å²) in [6.07, 6.45) is 2.70. The second kappa shape index (κ2) is 5.32. The molecule has 1 aromatic rings. The number of para-hydroxylation sites is 1. The van der Waals surface area contributed by atoms with E-state index in [2.05, 4.69) is 29.2 Å². The molecule has 0 saturated carbocycles. The van der Waals surface area contributed by atoms with Gasteiger partial charge < -0.3 is 15.7 Å². The number of rotatable bonds is 4. The van der Waals surface area contributed by atoms with Crippen molar-refractivity contribution in [1.29, 1.82) is 0 Å². The average Bonchev–Trinajstić information content (AvgIpc) is 2.30. The monoisotopic (exact) mass is 220 g/mol. The lowest BCUT2D eigenvalue weighted by atomic mass is 10.0. The van der Waals surface area contributed by atoms with Gasteiger partial charge in [0.05, 0.1) is 6.10 Å². The van der Waals surface area contributed by atoms with E-state index in [1.807, 2.05) is 0 Å². The summed E-state index contributed by atoms with van der Waals surface area (Å²) in [5.74, 6) is 0. The molecule has 1 aromatic carbocycles. The first-order valence-electron chi connectivity index (χ1n) is 6.02. The van der Waals surface area contributed by atoms with Gasteiger partial charge in [-0.25, -0.2) is 0 Å². The Kier molecular flexibility index (Phi) is 3.80. The molecule has 1 aliphatic heterocycles. The van der Waals surface area contributed by atoms with Gasteiger partial charge in [-0.05, 0) is 37.4 Å². The summed E-state index contributed by atoms with van der Waals surface area (Å²) in [6.45, 7) is 2.30. The molecule has 16 heavy (non-hydrogen) atoms. The van der Waals surface area contributed by atoms with E-state index in [0.717, 1.165) is 13.0 Å². The van der Waals surface area contributed by atoms with Crippen LogP contribution in [0.1, 0.15) is 18.4 Å². The fraction of sp³-hybridized carbons (Fsp3) is 0.538. The van der Waals surface area contributed by atoms with Crippen molar-refractivity contribution < 1.29 is 5.11 Å². The first-order chi connectivity index (χ1) is 7.81. The van der Waals surface area contributed by atoms with Crippen LogP contribution in [-0.2, 0) is 6.42 Å². The van der Waals surface area contributed by atoms with Gasteiger partial charge >= 0.3 is 0 Å². The molecule has 1 aliphatic rings. The predicted molar refractivity (Wildman–Crippen MR) is 66.7 cm³/mol. The molecular formula is C13H20N2O. The van der Waals surface area contributed by atoms with E-state index in [-0.39, 0.29) is 6.10 Å². The minimum absolute atomic E-state index is 0.309. The Morgan fingerprint density at radius 2 is 2.19 bits per heavy atom. The summed E-state index contributed by atoms with van der Waals surface area (Å²) in [4.78, 5) is 2.28. The van der Waals surface area contributed by atoms with Gasteiger partial charge in [-0.3, -0.25) is 0 Å². The van der Waals surface area contributed by atoms with Gasteiger partial charge in [0.25, 0.3) is 0 Å². The highest BCUT2D eigenvalue weighted by Crippen LogP contribution is 2.26. The fourth-order valence-corrected chi connectivity index (χ4v) is 2.34. The Morgan fingerprint density at radius 3 is 3.00 bits per heavy atom. The molecule has 0 fully saturated rings. The van der Waals surface area contributed by atoms with Crippen LogP contribution in [0.4, 0.5) is 5.69 Å². The minimum Gasteiger partial charge on any atom is -0.391 e. The van der Waals surface area contributed by atoms with Crippen molar-refractivity contribution in [3.63, 3.8) is 0 Å². The second-order valence-corrected chi connectivity index (χ2v) is 4.41. The Balaban J connectivity index is 2.07. The van der Waals surface area contributed by atoms with E-state index in [1.54, 1.807) is 0 Å². The number of hydrogen-bond donors (Lipinski definition) is 2. The van der Waals surface area contributed by atoms with Crippen LogP contribution in [0.5, 0.6) is 0 Å². The quantitative estimate of drug-likeness (QED) is 0.800. The minimum atomic E-state index is -0.309. The molecule has 0 radical (unpaired) electrons. The van der Waals surface area contributed by atoms with E-state index in [9.17, 15) is 5.11 Å². The lowest BCUT2D eigenvalue weighted by Crippen LogP contribution is -2.37. The normalized spacial score (nSPS) is 17.0. The Hall–Kier alpha value is -1.06. The number of aliphatic hydroxyl groups is 1. The van der Waals surface area contributed by atoms with E-state index in [1.165, 1.54) is 17.7 Å². The highest BCUT2D eigenvalue weighted by Gasteiger charge is 2.18. The number of hydrogen-bond acceptors (Lipinski definition) is 3. The van der Waals surface area contributed by atoms with Crippen molar-refractivity contribution >= 4 is 5.69 Å². The van der Waals surface area contributed by atoms with Crippen molar-refractivity contribution in [1.82, 2.24) is 0 Å². The SMILES string of the molecule is NCCC(O)CN1CCCc2ccccc21. The summed E-state index contributed by atoms with van der Waals surface area (Å²) in [5.41, 5.74) is 8.13. The maximum Gasteiger partial charge on any atom is 0.0727 e. The molecule has 3 nitrogen and oxygen atoms in total. The molecule has 0 amide bonds. The molecule has 0 spiro atoms. The zero-order valence-corrected chi connectivity index (χ0v) is 9.60. The summed E-state index contributed by atoms with van der Waals surface area (Å²) in [7, 11) is 0. The van der Waals surface area contributed by atoms with Gasteiger partial charge in [0.1, 0.15) is 0 Å². The van der Waals surface area contributed by atoms with Crippen molar-refractivity contribution in [3.05, 3.63) is 29.8 Å².